The van der Waals surface area contributed by atoms with Crippen molar-refractivity contribution in [2.45, 2.75) is 13.0 Å². The van der Waals surface area contributed by atoms with E-state index in [4.69, 9.17) is 0 Å². The number of nitrogens with one attached hydrogen (secondary N) is 1. The lowest BCUT2D eigenvalue weighted by atomic mass is 9.85. The van der Waals surface area contributed by atoms with E-state index in [-0.39, 0.29) is 23.7 Å². The summed E-state index contributed by atoms with van der Waals surface area (Å²) in [6.07, 6.45) is 5.26. The summed E-state index contributed by atoms with van der Waals surface area (Å²) in [7, 11) is 0. The zero-order valence-corrected chi connectivity index (χ0v) is 12.4. The standard InChI is InChI=1S/C18H20N2O2/c21-17-15-13-6-7-14(10-13)16(15)18(22)20(17)9-8-19-11-12-4-2-1-3-5-12/h1-7,13-16,19H,8-11H2/t13-,14+,15+,16-. The van der Waals surface area contributed by atoms with E-state index < -0.39 is 0 Å². The topological polar surface area (TPSA) is 49.4 Å². The molecule has 2 amide bonds. The van der Waals surface area contributed by atoms with Gasteiger partial charge in [-0.15, -0.1) is 0 Å². The van der Waals surface area contributed by atoms with Gasteiger partial charge in [0.05, 0.1) is 11.8 Å². The Morgan fingerprint density at radius 1 is 1.00 bits per heavy atom. The maximum atomic E-state index is 12.5. The molecular formula is C18H20N2O2. The van der Waals surface area contributed by atoms with E-state index in [2.05, 4.69) is 29.6 Å². The highest BCUT2D eigenvalue weighted by Crippen LogP contribution is 2.52. The third-order valence-corrected chi connectivity index (χ3v) is 5.25. The molecule has 1 heterocycles. The molecule has 4 rings (SSSR count). The summed E-state index contributed by atoms with van der Waals surface area (Å²) >= 11 is 0. The summed E-state index contributed by atoms with van der Waals surface area (Å²) in [5, 5.41) is 3.31. The van der Waals surface area contributed by atoms with Crippen molar-refractivity contribution in [3.05, 3.63) is 48.0 Å². The predicted molar refractivity (Wildman–Crippen MR) is 82.6 cm³/mol. The molecule has 0 spiro atoms. The quantitative estimate of drug-likeness (QED) is 0.510. The number of hydrogen-bond acceptors (Lipinski definition) is 3. The van der Waals surface area contributed by atoms with Crippen molar-refractivity contribution in [1.82, 2.24) is 10.2 Å². The maximum absolute atomic E-state index is 12.5. The highest BCUT2D eigenvalue weighted by molar-refractivity contribution is 6.06. The van der Waals surface area contributed by atoms with E-state index in [0.29, 0.717) is 24.9 Å². The summed E-state index contributed by atoms with van der Waals surface area (Å²) in [5.41, 5.74) is 1.21. The van der Waals surface area contributed by atoms with Crippen LogP contribution in [0, 0.1) is 23.7 Å². The average Bonchev–Trinajstić information content (AvgIpc) is 3.21. The van der Waals surface area contributed by atoms with Crippen LogP contribution < -0.4 is 5.32 Å². The van der Waals surface area contributed by atoms with Crippen molar-refractivity contribution in [3.63, 3.8) is 0 Å². The minimum atomic E-state index is -0.0726. The highest BCUT2D eigenvalue weighted by Gasteiger charge is 2.58. The minimum Gasteiger partial charge on any atom is -0.311 e. The van der Waals surface area contributed by atoms with Gasteiger partial charge in [-0.25, -0.2) is 0 Å². The number of benzene rings is 1. The smallest absolute Gasteiger partial charge is 0.233 e. The van der Waals surface area contributed by atoms with E-state index in [1.807, 2.05) is 18.2 Å². The molecule has 1 N–H and O–H groups in total. The zero-order valence-electron chi connectivity index (χ0n) is 12.4. The third kappa shape index (κ3) is 2.10. The van der Waals surface area contributed by atoms with E-state index in [1.165, 1.54) is 10.5 Å². The normalized spacial score (nSPS) is 32.1. The molecule has 1 aromatic carbocycles. The van der Waals surface area contributed by atoms with Crippen LogP contribution in [0.15, 0.2) is 42.5 Å². The Morgan fingerprint density at radius 3 is 2.27 bits per heavy atom. The van der Waals surface area contributed by atoms with Gasteiger partial charge in [-0.1, -0.05) is 42.5 Å². The van der Waals surface area contributed by atoms with Gasteiger partial charge < -0.3 is 5.32 Å². The lowest BCUT2D eigenvalue weighted by Crippen LogP contribution is -2.38. The number of amides is 2. The molecule has 4 nitrogen and oxygen atoms in total. The lowest BCUT2D eigenvalue weighted by Gasteiger charge is -2.17. The Hall–Kier alpha value is -1.94. The lowest BCUT2D eigenvalue weighted by molar-refractivity contribution is -0.140. The fraction of sp³-hybridized carbons (Fsp3) is 0.444. The third-order valence-electron chi connectivity index (χ3n) is 5.25. The summed E-state index contributed by atoms with van der Waals surface area (Å²) in [6, 6.07) is 10.1. The summed E-state index contributed by atoms with van der Waals surface area (Å²) in [6.45, 7) is 1.89. The van der Waals surface area contributed by atoms with Crippen LogP contribution in [0.4, 0.5) is 0 Å². The van der Waals surface area contributed by atoms with Crippen LogP contribution in [0.3, 0.4) is 0 Å². The SMILES string of the molecule is O=C1[C@@H]2[C@H](C(=O)N1CCNCc1ccccc1)[C@H]1C=C[C@@H]2C1. The van der Waals surface area contributed by atoms with Gasteiger partial charge in [0.1, 0.15) is 0 Å². The first-order valence-corrected chi connectivity index (χ1v) is 8.04. The molecule has 2 fully saturated rings. The first kappa shape index (κ1) is 13.7. The largest absolute Gasteiger partial charge is 0.311 e. The number of allylic oxidation sites excluding steroid dienone is 2. The Labute approximate surface area is 130 Å². The Morgan fingerprint density at radius 2 is 1.64 bits per heavy atom. The first-order chi connectivity index (χ1) is 10.8. The van der Waals surface area contributed by atoms with Crippen LogP contribution in [-0.2, 0) is 16.1 Å². The van der Waals surface area contributed by atoms with Gasteiger partial charge in [0.15, 0.2) is 0 Å². The second-order valence-corrected chi connectivity index (χ2v) is 6.49. The molecule has 1 aromatic rings. The number of imide groups is 1. The predicted octanol–water partition coefficient (Wildman–Crippen LogP) is 1.58. The van der Waals surface area contributed by atoms with Crippen LogP contribution in [0.5, 0.6) is 0 Å². The first-order valence-electron chi connectivity index (χ1n) is 8.04. The molecular weight excluding hydrogens is 276 g/mol. The minimum absolute atomic E-state index is 0.0494. The Kier molecular flexibility index (Phi) is 3.34. The number of likely N-dealkylation sites (tertiary alicyclic amines) is 1. The van der Waals surface area contributed by atoms with E-state index >= 15 is 0 Å². The van der Waals surface area contributed by atoms with E-state index in [9.17, 15) is 9.59 Å². The van der Waals surface area contributed by atoms with Crippen LogP contribution >= 0.6 is 0 Å². The molecule has 1 aliphatic heterocycles. The van der Waals surface area contributed by atoms with Crippen LogP contribution in [0.1, 0.15) is 12.0 Å². The second-order valence-electron chi connectivity index (χ2n) is 6.49. The summed E-state index contributed by atoms with van der Waals surface area (Å²) < 4.78 is 0. The summed E-state index contributed by atoms with van der Waals surface area (Å²) in [4.78, 5) is 26.5. The fourth-order valence-electron chi connectivity index (χ4n) is 4.20. The number of carbonyl (C=O) groups excluding carboxylic acids is 2. The molecule has 114 valence electrons. The van der Waals surface area contributed by atoms with E-state index in [1.54, 1.807) is 0 Å². The molecule has 4 heteroatoms. The van der Waals surface area contributed by atoms with Gasteiger partial charge in [0.2, 0.25) is 11.8 Å². The van der Waals surface area contributed by atoms with Crippen molar-refractivity contribution < 1.29 is 9.59 Å². The number of fused-ring (bicyclic) bond motifs is 5. The molecule has 0 aromatic heterocycles. The molecule has 4 atom stereocenters. The van der Waals surface area contributed by atoms with Gasteiger partial charge in [-0.3, -0.25) is 14.5 Å². The van der Waals surface area contributed by atoms with E-state index in [0.717, 1.165) is 13.0 Å². The molecule has 22 heavy (non-hydrogen) atoms. The maximum Gasteiger partial charge on any atom is 0.233 e. The number of rotatable bonds is 5. The highest BCUT2D eigenvalue weighted by atomic mass is 16.2. The number of nitrogens with zero attached hydrogens (tertiary/aromatic N) is 1. The summed E-state index contributed by atoms with van der Waals surface area (Å²) in [5.74, 6) is 0.553. The van der Waals surface area contributed by atoms with Crippen molar-refractivity contribution >= 4 is 11.8 Å². The van der Waals surface area contributed by atoms with Crippen molar-refractivity contribution in [2.24, 2.45) is 23.7 Å². The van der Waals surface area contributed by atoms with Gasteiger partial charge in [-0.2, -0.15) is 0 Å². The average molecular weight is 296 g/mol. The van der Waals surface area contributed by atoms with Gasteiger partial charge in [-0.05, 0) is 23.8 Å². The van der Waals surface area contributed by atoms with Crippen molar-refractivity contribution in [2.75, 3.05) is 13.1 Å². The van der Waals surface area contributed by atoms with Gasteiger partial charge >= 0.3 is 0 Å². The molecule has 2 aliphatic carbocycles. The molecule has 1 saturated carbocycles. The second kappa shape index (κ2) is 5.36. The van der Waals surface area contributed by atoms with Gasteiger partial charge in [0, 0.05) is 19.6 Å². The zero-order chi connectivity index (χ0) is 15.1. The van der Waals surface area contributed by atoms with Crippen molar-refractivity contribution in [1.29, 1.82) is 0 Å². The van der Waals surface area contributed by atoms with Crippen LogP contribution in [0.2, 0.25) is 0 Å². The van der Waals surface area contributed by atoms with Gasteiger partial charge in [0.25, 0.3) is 0 Å². The molecule has 1 saturated heterocycles. The Bertz CT molecular complexity index is 595. The molecule has 0 radical (unpaired) electrons. The molecule has 3 aliphatic rings. The molecule has 2 bridgehead atoms. The monoisotopic (exact) mass is 296 g/mol. The van der Waals surface area contributed by atoms with Crippen molar-refractivity contribution in [3.8, 4) is 0 Å². The number of carbonyl (C=O) groups is 2. The molecule has 0 unspecified atom stereocenters. The fourth-order valence-corrected chi connectivity index (χ4v) is 4.20. The Balaban J connectivity index is 1.33. The number of hydrogen-bond donors (Lipinski definition) is 1. The van der Waals surface area contributed by atoms with Crippen LogP contribution in [0.25, 0.3) is 0 Å². The van der Waals surface area contributed by atoms with Crippen LogP contribution in [-0.4, -0.2) is 29.8 Å².